The summed E-state index contributed by atoms with van der Waals surface area (Å²) < 4.78 is 0. The molecule has 0 fully saturated rings. The Morgan fingerprint density at radius 1 is 1.14 bits per heavy atom. The van der Waals surface area contributed by atoms with Crippen LogP contribution in [0.25, 0.3) is 10.8 Å². The number of nitrogen functional groups attached to an aromatic ring is 1. The fraction of sp³-hybridized carbons (Fsp3) is 0. The van der Waals surface area contributed by atoms with Crippen molar-refractivity contribution in [2.75, 3.05) is 5.73 Å². The van der Waals surface area contributed by atoms with Crippen LogP contribution in [0.4, 0.5) is 5.69 Å². The number of nitrogens with one attached hydrogen (secondary N) is 2. The molecular weight excluding hydrogens is 193 g/mol. The van der Waals surface area contributed by atoms with Crippen LogP contribution in [0.5, 0.6) is 0 Å². The molecule has 5 nitrogen and oxygen atoms in total. The van der Waals surface area contributed by atoms with Crippen molar-refractivity contribution in [1.82, 2.24) is 10.2 Å². The predicted molar refractivity (Wildman–Crippen MR) is 50.7 cm³/mol. The van der Waals surface area contributed by atoms with E-state index in [1.807, 2.05) is 0 Å². The van der Waals surface area contributed by atoms with E-state index >= 15 is 0 Å². The van der Waals surface area contributed by atoms with Crippen molar-refractivity contribution in [3.8, 4) is 0 Å². The molecule has 0 unspecified atom stereocenters. The smallest absolute Gasteiger partial charge is 1.00 e. The number of fused-ring (bicyclic) bond motifs is 1. The van der Waals surface area contributed by atoms with Gasteiger partial charge in [0.25, 0.3) is 11.1 Å². The van der Waals surface area contributed by atoms with Gasteiger partial charge in [-0.25, -0.2) is 0 Å². The van der Waals surface area contributed by atoms with Crippen LogP contribution in [0.15, 0.2) is 27.8 Å². The predicted octanol–water partition coefficient (Wildman–Crippen LogP) is -3.08. The van der Waals surface area contributed by atoms with Crippen molar-refractivity contribution in [2.24, 2.45) is 0 Å². The Hall–Kier alpha value is -1.04. The maximum atomic E-state index is 11.2. The molecule has 0 amide bonds. The van der Waals surface area contributed by atoms with Crippen LogP contribution in [0, 0.1) is 0 Å². The molecule has 4 N–H and O–H groups in total. The van der Waals surface area contributed by atoms with Gasteiger partial charge in [-0.2, -0.15) is 0 Å². The van der Waals surface area contributed by atoms with Crippen molar-refractivity contribution >= 4 is 16.5 Å². The number of anilines is 1. The van der Waals surface area contributed by atoms with Crippen LogP contribution < -0.4 is 46.4 Å². The van der Waals surface area contributed by atoms with Gasteiger partial charge in [-0.1, -0.05) is 6.07 Å². The number of aromatic amines is 2. The average molecular weight is 201 g/mol. The second kappa shape index (κ2) is 4.00. The fourth-order valence-corrected chi connectivity index (χ4v) is 1.26. The van der Waals surface area contributed by atoms with Gasteiger partial charge in [-0.15, -0.1) is 0 Å². The van der Waals surface area contributed by atoms with E-state index in [2.05, 4.69) is 10.2 Å². The molecule has 1 heterocycles. The third kappa shape index (κ3) is 1.61. The fourth-order valence-electron chi connectivity index (χ4n) is 1.26. The molecule has 0 atom stereocenters. The SMILES string of the molecule is Nc1cccc2c(=O)[nH][nH]c(=O)c12.[H-].[Na+]. The van der Waals surface area contributed by atoms with E-state index in [0.29, 0.717) is 11.1 Å². The largest absolute Gasteiger partial charge is 1.00 e. The molecule has 68 valence electrons. The second-order valence-electron chi connectivity index (χ2n) is 2.68. The molecule has 0 saturated carbocycles. The standard InChI is InChI=1S/C8H7N3O2.Na.H/c9-5-3-1-2-4-6(5)8(13)11-10-7(4)12;;/h1-3H,9H2,(H,10,12)(H,11,13);;/q;+1;-1. The monoisotopic (exact) mass is 201 g/mol. The molecule has 0 radical (unpaired) electrons. The van der Waals surface area contributed by atoms with Crippen molar-refractivity contribution in [2.45, 2.75) is 0 Å². The summed E-state index contributed by atoms with van der Waals surface area (Å²) in [5.41, 5.74) is 5.14. The van der Waals surface area contributed by atoms with Crippen LogP contribution in [-0.4, -0.2) is 10.2 Å². The zero-order chi connectivity index (χ0) is 9.42. The summed E-state index contributed by atoms with van der Waals surface area (Å²) in [4.78, 5) is 22.4. The topological polar surface area (TPSA) is 91.7 Å². The number of aromatic nitrogens is 2. The zero-order valence-electron chi connectivity index (χ0n) is 8.63. The van der Waals surface area contributed by atoms with Crippen LogP contribution in [0.1, 0.15) is 1.43 Å². The molecule has 6 heteroatoms. The first kappa shape index (κ1) is 11.0. The Labute approximate surface area is 102 Å². The molecule has 0 aliphatic rings. The number of rotatable bonds is 0. The number of hydrogen-bond donors (Lipinski definition) is 3. The van der Waals surface area contributed by atoms with Gasteiger partial charge >= 0.3 is 29.6 Å². The average Bonchev–Trinajstić information content (AvgIpc) is 2.12. The van der Waals surface area contributed by atoms with E-state index in [4.69, 9.17) is 5.73 Å². The normalized spacial score (nSPS) is 9.71. The van der Waals surface area contributed by atoms with Gasteiger partial charge in [0, 0.05) is 5.69 Å². The molecule has 2 rings (SSSR count). The molecular formula is C8H8N3NaO2. The summed E-state index contributed by atoms with van der Waals surface area (Å²) in [5.74, 6) is 0. The number of hydrogen-bond acceptors (Lipinski definition) is 3. The Morgan fingerprint density at radius 2 is 1.79 bits per heavy atom. The summed E-state index contributed by atoms with van der Waals surface area (Å²) in [6.45, 7) is 0. The summed E-state index contributed by atoms with van der Waals surface area (Å²) >= 11 is 0. The molecule has 1 aromatic heterocycles. The van der Waals surface area contributed by atoms with Gasteiger partial charge in [-0.05, 0) is 12.1 Å². The molecule has 14 heavy (non-hydrogen) atoms. The van der Waals surface area contributed by atoms with Crippen molar-refractivity contribution in [3.05, 3.63) is 38.9 Å². The Kier molecular flexibility index (Phi) is 3.15. The van der Waals surface area contributed by atoms with Gasteiger partial charge in [0.05, 0.1) is 10.8 Å². The Morgan fingerprint density at radius 3 is 2.43 bits per heavy atom. The molecule has 0 aliphatic heterocycles. The summed E-state index contributed by atoms with van der Waals surface area (Å²) in [7, 11) is 0. The van der Waals surface area contributed by atoms with Gasteiger partial charge in [0.1, 0.15) is 0 Å². The molecule has 0 spiro atoms. The van der Waals surface area contributed by atoms with Crippen LogP contribution in [-0.2, 0) is 0 Å². The molecule has 2 aromatic rings. The Balaban J connectivity index is 0.000000980. The number of nitrogens with two attached hydrogens (primary N) is 1. The number of H-pyrrole nitrogens is 2. The maximum absolute atomic E-state index is 11.2. The maximum Gasteiger partial charge on any atom is 1.00 e. The van der Waals surface area contributed by atoms with Crippen molar-refractivity contribution in [3.63, 3.8) is 0 Å². The minimum Gasteiger partial charge on any atom is -1.00 e. The zero-order valence-corrected chi connectivity index (χ0v) is 9.63. The second-order valence-corrected chi connectivity index (χ2v) is 2.68. The van der Waals surface area contributed by atoms with E-state index < -0.39 is 0 Å². The first-order valence-corrected chi connectivity index (χ1v) is 3.69. The van der Waals surface area contributed by atoms with E-state index in [0.717, 1.165) is 0 Å². The van der Waals surface area contributed by atoms with Gasteiger partial charge in [0.2, 0.25) is 0 Å². The van der Waals surface area contributed by atoms with E-state index in [9.17, 15) is 9.59 Å². The third-order valence-corrected chi connectivity index (χ3v) is 1.86. The van der Waals surface area contributed by atoms with Crippen molar-refractivity contribution < 1.29 is 31.0 Å². The van der Waals surface area contributed by atoms with Crippen LogP contribution >= 0.6 is 0 Å². The molecule has 0 saturated heterocycles. The van der Waals surface area contributed by atoms with Gasteiger partial charge in [0.15, 0.2) is 0 Å². The number of benzene rings is 1. The first-order valence-electron chi connectivity index (χ1n) is 3.69. The summed E-state index contributed by atoms with van der Waals surface area (Å²) in [6, 6.07) is 4.77. The minimum atomic E-state index is -0.382. The molecule has 0 bridgehead atoms. The minimum absolute atomic E-state index is 0. The first-order chi connectivity index (χ1) is 6.20. The molecule has 0 aliphatic carbocycles. The van der Waals surface area contributed by atoms with E-state index in [-0.39, 0.29) is 47.5 Å². The Bertz CT molecular complexity index is 578. The third-order valence-electron chi connectivity index (χ3n) is 1.86. The summed E-state index contributed by atoms with van der Waals surface area (Å²) in [5, 5.41) is 4.98. The summed E-state index contributed by atoms with van der Waals surface area (Å²) in [6.07, 6.45) is 0. The van der Waals surface area contributed by atoms with Crippen molar-refractivity contribution in [1.29, 1.82) is 0 Å². The van der Waals surface area contributed by atoms with Crippen LogP contribution in [0.3, 0.4) is 0 Å². The van der Waals surface area contributed by atoms with Crippen LogP contribution in [0.2, 0.25) is 0 Å². The van der Waals surface area contributed by atoms with Gasteiger partial charge in [-0.3, -0.25) is 19.8 Å². The quantitative estimate of drug-likeness (QED) is 0.311. The van der Waals surface area contributed by atoms with E-state index in [1.165, 1.54) is 0 Å². The van der Waals surface area contributed by atoms with E-state index in [1.54, 1.807) is 18.2 Å². The van der Waals surface area contributed by atoms with Gasteiger partial charge < -0.3 is 7.16 Å². The molecule has 1 aromatic carbocycles.